The number of hydrogen-bond acceptors (Lipinski definition) is 8. The van der Waals surface area contributed by atoms with Gasteiger partial charge in [0.2, 0.25) is 0 Å². The van der Waals surface area contributed by atoms with Gasteiger partial charge in [0, 0.05) is 6.54 Å². The topological polar surface area (TPSA) is 84.5 Å². The van der Waals surface area contributed by atoms with Crippen molar-refractivity contribution >= 4 is 5.97 Å². The van der Waals surface area contributed by atoms with E-state index in [2.05, 4.69) is 5.32 Å². The maximum Gasteiger partial charge on any atom is 0.308 e. The minimum atomic E-state index is -0.453. The number of rotatable bonds is 18. The second kappa shape index (κ2) is 17.6. The predicted molar refractivity (Wildman–Crippen MR) is 98.5 cm³/mol. The quantitative estimate of drug-likeness (QED) is 0.279. The Morgan fingerprint density at radius 3 is 1.46 bits per heavy atom. The van der Waals surface area contributed by atoms with Crippen molar-refractivity contribution < 1.29 is 33.2 Å². The maximum absolute atomic E-state index is 11.4. The van der Waals surface area contributed by atoms with Crippen molar-refractivity contribution in [3.63, 3.8) is 0 Å². The van der Waals surface area contributed by atoms with E-state index in [9.17, 15) is 4.79 Å². The van der Waals surface area contributed by atoms with E-state index in [-0.39, 0.29) is 12.4 Å². The standard InChI is InChI=1S/C18H37NO7/c1-18(2,3)26-17(20)5-7-21-9-11-23-13-15-25-16-14-24-12-10-22-8-6-19-4/h19H,5-16H2,1-4H3. The number of carbonyl (C=O) groups is 1. The van der Waals surface area contributed by atoms with Crippen LogP contribution in [0.1, 0.15) is 27.2 Å². The number of esters is 1. The second-order valence-electron chi connectivity index (χ2n) is 6.50. The summed E-state index contributed by atoms with van der Waals surface area (Å²) in [5.74, 6) is -0.251. The van der Waals surface area contributed by atoms with E-state index in [0.717, 1.165) is 6.54 Å². The first-order valence-electron chi connectivity index (χ1n) is 9.21. The minimum absolute atomic E-state index is 0.251. The fraction of sp³-hybridized carbons (Fsp3) is 0.944. The molecule has 0 aliphatic heterocycles. The summed E-state index contributed by atoms with van der Waals surface area (Å²) in [6.45, 7) is 11.6. The van der Waals surface area contributed by atoms with Gasteiger partial charge < -0.3 is 33.7 Å². The van der Waals surface area contributed by atoms with E-state index in [1.165, 1.54) is 0 Å². The van der Waals surface area contributed by atoms with Gasteiger partial charge in [-0.25, -0.2) is 0 Å². The third kappa shape index (κ3) is 21.3. The second-order valence-corrected chi connectivity index (χ2v) is 6.50. The summed E-state index contributed by atoms with van der Waals surface area (Å²) in [4.78, 5) is 11.4. The number of likely N-dealkylation sites (N-methyl/N-ethyl adjacent to an activating group) is 1. The molecule has 1 N–H and O–H groups in total. The van der Waals surface area contributed by atoms with Crippen LogP contribution in [0.2, 0.25) is 0 Å². The van der Waals surface area contributed by atoms with Gasteiger partial charge >= 0.3 is 5.97 Å². The number of carbonyl (C=O) groups excluding carboxylic acids is 1. The molecule has 0 atom stereocenters. The largest absolute Gasteiger partial charge is 0.460 e. The van der Waals surface area contributed by atoms with Crippen LogP contribution in [-0.2, 0) is 33.2 Å². The molecule has 0 aliphatic carbocycles. The molecule has 0 aromatic heterocycles. The molecule has 156 valence electrons. The van der Waals surface area contributed by atoms with Crippen LogP contribution in [0.4, 0.5) is 0 Å². The van der Waals surface area contributed by atoms with E-state index in [1.807, 2.05) is 27.8 Å². The van der Waals surface area contributed by atoms with E-state index < -0.39 is 5.60 Å². The Bertz CT molecular complexity index is 321. The monoisotopic (exact) mass is 379 g/mol. The molecule has 8 heteroatoms. The molecule has 26 heavy (non-hydrogen) atoms. The minimum Gasteiger partial charge on any atom is -0.460 e. The molecule has 0 heterocycles. The highest BCUT2D eigenvalue weighted by atomic mass is 16.6. The molecule has 0 aliphatic rings. The summed E-state index contributed by atoms with van der Waals surface area (Å²) in [5.41, 5.74) is -0.453. The summed E-state index contributed by atoms with van der Waals surface area (Å²) >= 11 is 0. The summed E-state index contributed by atoms with van der Waals surface area (Å²) in [6.07, 6.45) is 0.251. The Labute approximate surface area is 157 Å². The van der Waals surface area contributed by atoms with Crippen molar-refractivity contribution in [2.45, 2.75) is 32.8 Å². The molecular formula is C18H37NO7. The van der Waals surface area contributed by atoms with E-state index in [1.54, 1.807) is 0 Å². The van der Waals surface area contributed by atoms with Crippen LogP contribution in [0.25, 0.3) is 0 Å². The fourth-order valence-corrected chi connectivity index (χ4v) is 1.70. The summed E-state index contributed by atoms with van der Waals surface area (Å²) in [7, 11) is 1.89. The molecule has 0 spiro atoms. The molecule has 0 fully saturated rings. The Kier molecular flexibility index (Phi) is 17.1. The highest BCUT2D eigenvalue weighted by Crippen LogP contribution is 2.07. The van der Waals surface area contributed by atoms with Gasteiger partial charge in [-0.05, 0) is 27.8 Å². The molecule has 0 saturated heterocycles. The molecular weight excluding hydrogens is 342 g/mol. The van der Waals surface area contributed by atoms with Gasteiger partial charge in [-0.2, -0.15) is 0 Å². The lowest BCUT2D eigenvalue weighted by Crippen LogP contribution is -2.24. The van der Waals surface area contributed by atoms with E-state index in [4.69, 9.17) is 28.4 Å². The van der Waals surface area contributed by atoms with Crippen molar-refractivity contribution in [1.82, 2.24) is 5.32 Å². The van der Waals surface area contributed by atoms with Crippen molar-refractivity contribution in [3.8, 4) is 0 Å². The van der Waals surface area contributed by atoms with Crippen LogP contribution in [0.15, 0.2) is 0 Å². The molecule has 0 rings (SSSR count). The fourth-order valence-electron chi connectivity index (χ4n) is 1.70. The maximum atomic E-state index is 11.4. The SMILES string of the molecule is CNCCOCCOCCOCCOCCOCCC(=O)OC(C)(C)C. The Balaban J connectivity index is 3.12. The Morgan fingerprint density at radius 1 is 0.692 bits per heavy atom. The summed E-state index contributed by atoms with van der Waals surface area (Å²) in [5, 5.41) is 3.00. The molecule has 0 bridgehead atoms. The van der Waals surface area contributed by atoms with Crippen molar-refractivity contribution in [3.05, 3.63) is 0 Å². The highest BCUT2D eigenvalue weighted by molar-refractivity contribution is 5.69. The molecule has 0 radical (unpaired) electrons. The van der Waals surface area contributed by atoms with Crippen molar-refractivity contribution in [2.24, 2.45) is 0 Å². The van der Waals surface area contributed by atoms with Gasteiger partial charge in [-0.1, -0.05) is 0 Å². The average Bonchev–Trinajstić information content (AvgIpc) is 2.56. The zero-order valence-electron chi connectivity index (χ0n) is 16.8. The van der Waals surface area contributed by atoms with Crippen LogP contribution in [0.5, 0.6) is 0 Å². The van der Waals surface area contributed by atoms with Crippen LogP contribution in [-0.4, -0.2) is 91.2 Å². The van der Waals surface area contributed by atoms with Gasteiger partial charge in [0.25, 0.3) is 0 Å². The molecule has 0 aromatic rings. The van der Waals surface area contributed by atoms with Crippen LogP contribution < -0.4 is 5.32 Å². The normalized spacial score (nSPS) is 11.7. The Hall–Kier alpha value is -0.770. The number of hydrogen-bond donors (Lipinski definition) is 1. The summed E-state index contributed by atoms with van der Waals surface area (Å²) in [6, 6.07) is 0. The van der Waals surface area contributed by atoms with Gasteiger partial charge in [0.15, 0.2) is 0 Å². The van der Waals surface area contributed by atoms with Gasteiger partial charge in [-0.15, -0.1) is 0 Å². The van der Waals surface area contributed by atoms with E-state index >= 15 is 0 Å². The van der Waals surface area contributed by atoms with Gasteiger partial charge in [0.1, 0.15) is 5.60 Å². The number of ether oxygens (including phenoxy) is 6. The molecule has 0 unspecified atom stereocenters. The third-order valence-corrected chi connectivity index (χ3v) is 2.85. The van der Waals surface area contributed by atoms with Crippen molar-refractivity contribution in [2.75, 3.05) is 79.7 Å². The average molecular weight is 379 g/mol. The highest BCUT2D eigenvalue weighted by Gasteiger charge is 2.15. The lowest BCUT2D eigenvalue weighted by Gasteiger charge is -2.19. The number of nitrogens with one attached hydrogen (secondary N) is 1. The Morgan fingerprint density at radius 2 is 1.08 bits per heavy atom. The zero-order chi connectivity index (χ0) is 19.5. The first-order valence-corrected chi connectivity index (χ1v) is 9.21. The summed E-state index contributed by atoms with van der Waals surface area (Å²) < 4.78 is 31.9. The van der Waals surface area contributed by atoms with Crippen LogP contribution >= 0.6 is 0 Å². The predicted octanol–water partition coefficient (Wildman–Crippen LogP) is 1.02. The molecule has 0 aromatic carbocycles. The first-order chi connectivity index (χ1) is 12.5. The van der Waals surface area contributed by atoms with Crippen molar-refractivity contribution in [1.29, 1.82) is 0 Å². The van der Waals surface area contributed by atoms with Crippen LogP contribution in [0.3, 0.4) is 0 Å². The first kappa shape index (κ1) is 25.2. The van der Waals surface area contributed by atoms with Gasteiger partial charge in [0.05, 0.1) is 72.5 Å². The molecule has 0 saturated carbocycles. The molecule has 8 nitrogen and oxygen atoms in total. The van der Waals surface area contributed by atoms with Gasteiger partial charge in [-0.3, -0.25) is 4.79 Å². The lowest BCUT2D eigenvalue weighted by molar-refractivity contribution is -0.156. The molecule has 0 amide bonds. The third-order valence-electron chi connectivity index (χ3n) is 2.85. The zero-order valence-corrected chi connectivity index (χ0v) is 16.8. The smallest absolute Gasteiger partial charge is 0.308 e. The van der Waals surface area contributed by atoms with Crippen LogP contribution in [0, 0.1) is 0 Å². The van der Waals surface area contributed by atoms with E-state index in [0.29, 0.717) is 66.1 Å². The lowest BCUT2D eigenvalue weighted by atomic mass is 10.2.